The van der Waals surface area contributed by atoms with Gasteiger partial charge in [-0.05, 0) is 56.5 Å². The number of nitrogens with one attached hydrogen (secondary N) is 1. The average Bonchev–Trinajstić information content (AvgIpc) is 2.89. The molecule has 0 aliphatic heterocycles. The van der Waals surface area contributed by atoms with E-state index >= 15 is 0 Å². The van der Waals surface area contributed by atoms with E-state index in [-0.39, 0.29) is 6.04 Å². The van der Waals surface area contributed by atoms with E-state index in [1.54, 1.807) is 18.4 Å². The molecule has 21 heavy (non-hydrogen) atoms. The van der Waals surface area contributed by atoms with Crippen LogP contribution in [0.4, 0.5) is 0 Å². The molecule has 0 fully saturated rings. The highest BCUT2D eigenvalue weighted by molar-refractivity contribution is 7.11. The number of hydrogen-bond acceptors (Lipinski definition) is 4. The van der Waals surface area contributed by atoms with Crippen molar-refractivity contribution in [2.75, 3.05) is 13.7 Å². The molecule has 3 nitrogen and oxygen atoms in total. The minimum atomic E-state index is 0.209. The molecule has 2 rings (SSSR count). The Kier molecular flexibility index (Phi) is 5.37. The van der Waals surface area contributed by atoms with Gasteiger partial charge in [0.25, 0.3) is 0 Å². The van der Waals surface area contributed by atoms with Gasteiger partial charge < -0.3 is 10.1 Å². The molecule has 0 aliphatic carbocycles. The summed E-state index contributed by atoms with van der Waals surface area (Å²) in [5, 5.41) is 4.76. The standard InChI is InChI=1S/C17H24N2OS/c1-6-7-18-17(16-10-19-13(4)21-16)14-8-12(3)15(20-5)9-11(14)2/h8-10,17-18H,6-7H2,1-5H3. The first-order valence-corrected chi connectivity index (χ1v) is 8.19. The molecule has 2 aromatic rings. The number of nitrogens with zero attached hydrogens (tertiary/aromatic N) is 1. The van der Waals surface area contributed by atoms with Gasteiger partial charge in [0.05, 0.1) is 18.2 Å². The Balaban J connectivity index is 2.43. The molecule has 0 radical (unpaired) electrons. The van der Waals surface area contributed by atoms with Gasteiger partial charge in [0.1, 0.15) is 5.75 Å². The minimum Gasteiger partial charge on any atom is -0.496 e. The highest BCUT2D eigenvalue weighted by Crippen LogP contribution is 2.32. The molecule has 0 spiro atoms. The molecule has 0 saturated heterocycles. The fraction of sp³-hybridized carbons (Fsp3) is 0.471. The largest absolute Gasteiger partial charge is 0.496 e. The van der Waals surface area contributed by atoms with E-state index in [9.17, 15) is 0 Å². The number of aryl methyl sites for hydroxylation is 3. The van der Waals surface area contributed by atoms with Crippen molar-refractivity contribution in [2.45, 2.75) is 40.2 Å². The van der Waals surface area contributed by atoms with Crippen LogP contribution in [0.25, 0.3) is 0 Å². The molecule has 1 aromatic heterocycles. The van der Waals surface area contributed by atoms with E-state index in [1.165, 1.54) is 21.6 Å². The van der Waals surface area contributed by atoms with Gasteiger partial charge in [-0.1, -0.05) is 13.0 Å². The Hall–Kier alpha value is -1.39. The van der Waals surface area contributed by atoms with Crippen LogP contribution >= 0.6 is 11.3 Å². The van der Waals surface area contributed by atoms with E-state index in [0.29, 0.717) is 0 Å². The molecule has 0 saturated carbocycles. The second kappa shape index (κ2) is 7.05. The lowest BCUT2D eigenvalue weighted by atomic mass is 9.97. The zero-order chi connectivity index (χ0) is 15.4. The Morgan fingerprint density at radius 1 is 1.24 bits per heavy atom. The SMILES string of the molecule is CCCNC(c1cnc(C)s1)c1cc(C)c(OC)cc1C. The van der Waals surface area contributed by atoms with E-state index < -0.39 is 0 Å². The molecule has 0 amide bonds. The number of ether oxygens (including phenoxy) is 1. The molecule has 1 heterocycles. The second-order valence-electron chi connectivity index (χ2n) is 5.35. The van der Waals surface area contributed by atoms with Crippen molar-refractivity contribution >= 4 is 11.3 Å². The first kappa shape index (κ1) is 16.0. The quantitative estimate of drug-likeness (QED) is 0.870. The summed E-state index contributed by atoms with van der Waals surface area (Å²) in [5.41, 5.74) is 3.73. The Bertz CT molecular complexity index is 607. The van der Waals surface area contributed by atoms with Crippen molar-refractivity contribution in [3.63, 3.8) is 0 Å². The maximum absolute atomic E-state index is 5.42. The summed E-state index contributed by atoms with van der Waals surface area (Å²) in [4.78, 5) is 5.68. The van der Waals surface area contributed by atoms with Crippen LogP contribution in [0.15, 0.2) is 18.3 Å². The third-order valence-corrected chi connectivity index (χ3v) is 4.59. The summed E-state index contributed by atoms with van der Waals surface area (Å²) in [7, 11) is 1.72. The van der Waals surface area contributed by atoms with Crippen LogP contribution in [0.2, 0.25) is 0 Å². The highest BCUT2D eigenvalue weighted by atomic mass is 32.1. The molecule has 1 N–H and O–H groups in total. The number of benzene rings is 1. The van der Waals surface area contributed by atoms with Crippen molar-refractivity contribution in [2.24, 2.45) is 0 Å². The Morgan fingerprint density at radius 3 is 2.57 bits per heavy atom. The zero-order valence-corrected chi connectivity index (χ0v) is 14.3. The van der Waals surface area contributed by atoms with Crippen molar-refractivity contribution in [3.8, 4) is 5.75 Å². The fourth-order valence-electron chi connectivity index (χ4n) is 2.51. The smallest absolute Gasteiger partial charge is 0.122 e. The Labute approximate surface area is 131 Å². The van der Waals surface area contributed by atoms with Crippen LogP contribution in [0.1, 0.15) is 46.0 Å². The summed E-state index contributed by atoms with van der Waals surface area (Å²) >= 11 is 1.76. The third kappa shape index (κ3) is 3.63. The highest BCUT2D eigenvalue weighted by Gasteiger charge is 2.19. The molecular weight excluding hydrogens is 280 g/mol. The summed E-state index contributed by atoms with van der Waals surface area (Å²) in [6.07, 6.45) is 3.11. The molecule has 1 aromatic carbocycles. The minimum absolute atomic E-state index is 0.209. The molecular formula is C17H24N2OS. The normalized spacial score (nSPS) is 12.4. The molecule has 1 atom stereocenters. The van der Waals surface area contributed by atoms with E-state index in [1.807, 2.05) is 6.20 Å². The van der Waals surface area contributed by atoms with Crippen molar-refractivity contribution in [1.82, 2.24) is 10.3 Å². The van der Waals surface area contributed by atoms with E-state index in [2.05, 4.69) is 50.1 Å². The monoisotopic (exact) mass is 304 g/mol. The third-order valence-electron chi connectivity index (χ3n) is 3.62. The van der Waals surface area contributed by atoms with Gasteiger partial charge >= 0.3 is 0 Å². The van der Waals surface area contributed by atoms with Gasteiger partial charge in [-0.25, -0.2) is 4.98 Å². The molecule has 114 valence electrons. The number of aromatic nitrogens is 1. The predicted molar refractivity (Wildman–Crippen MR) is 89.5 cm³/mol. The van der Waals surface area contributed by atoms with Crippen LogP contribution < -0.4 is 10.1 Å². The maximum Gasteiger partial charge on any atom is 0.122 e. The van der Waals surface area contributed by atoms with Crippen LogP contribution in [-0.2, 0) is 0 Å². The van der Waals surface area contributed by atoms with Gasteiger partial charge in [-0.2, -0.15) is 0 Å². The van der Waals surface area contributed by atoms with Crippen molar-refractivity contribution in [3.05, 3.63) is 44.9 Å². The average molecular weight is 304 g/mol. The first-order valence-electron chi connectivity index (χ1n) is 7.37. The lowest BCUT2D eigenvalue weighted by Gasteiger charge is -2.21. The molecule has 1 unspecified atom stereocenters. The number of methoxy groups -OCH3 is 1. The first-order chi connectivity index (χ1) is 10.1. The van der Waals surface area contributed by atoms with Crippen LogP contribution in [0.5, 0.6) is 5.75 Å². The zero-order valence-electron chi connectivity index (χ0n) is 13.5. The summed E-state index contributed by atoms with van der Waals surface area (Å²) in [6.45, 7) is 9.47. The number of thiazole rings is 1. The summed E-state index contributed by atoms with van der Waals surface area (Å²) < 4.78 is 5.42. The van der Waals surface area contributed by atoms with Gasteiger partial charge in [-0.15, -0.1) is 11.3 Å². The number of rotatable bonds is 6. The molecule has 4 heteroatoms. The number of hydrogen-bond donors (Lipinski definition) is 1. The topological polar surface area (TPSA) is 34.2 Å². The molecule has 0 aliphatic rings. The molecule has 0 bridgehead atoms. The van der Waals surface area contributed by atoms with E-state index in [4.69, 9.17) is 4.74 Å². The fourth-order valence-corrected chi connectivity index (χ4v) is 3.39. The summed E-state index contributed by atoms with van der Waals surface area (Å²) in [6, 6.07) is 4.57. The maximum atomic E-state index is 5.42. The van der Waals surface area contributed by atoms with Crippen LogP contribution in [0, 0.1) is 20.8 Å². The van der Waals surface area contributed by atoms with Crippen LogP contribution in [-0.4, -0.2) is 18.6 Å². The van der Waals surface area contributed by atoms with Crippen molar-refractivity contribution < 1.29 is 4.74 Å². The van der Waals surface area contributed by atoms with Gasteiger partial charge in [-0.3, -0.25) is 0 Å². The van der Waals surface area contributed by atoms with E-state index in [0.717, 1.165) is 23.7 Å². The van der Waals surface area contributed by atoms with Gasteiger partial charge in [0.15, 0.2) is 0 Å². The Morgan fingerprint density at radius 2 is 2.00 bits per heavy atom. The summed E-state index contributed by atoms with van der Waals surface area (Å²) in [5.74, 6) is 0.950. The predicted octanol–water partition coefficient (Wildman–Crippen LogP) is 4.17. The van der Waals surface area contributed by atoms with Gasteiger partial charge in [0.2, 0.25) is 0 Å². The van der Waals surface area contributed by atoms with Crippen LogP contribution in [0.3, 0.4) is 0 Å². The van der Waals surface area contributed by atoms with Gasteiger partial charge in [0, 0.05) is 11.1 Å². The lowest BCUT2D eigenvalue weighted by molar-refractivity contribution is 0.411. The lowest BCUT2D eigenvalue weighted by Crippen LogP contribution is -2.23. The van der Waals surface area contributed by atoms with Crippen molar-refractivity contribution in [1.29, 1.82) is 0 Å². The second-order valence-corrected chi connectivity index (χ2v) is 6.61.